The highest BCUT2D eigenvalue weighted by atomic mass is 19.1. The molecule has 3 fully saturated rings. The summed E-state index contributed by atoms with van der Waals surface area (Å²) in [5, 5.41) is 7.51. The number of hydrogen-bond donors (Lipinski definition) is 1. The zero-order chi connectivity index (χ0) is 23.5. The molecule has 2 aliphatic heterocycles. The van der Waals surface area contributed by atoms with Crippen LogP contribution in [0.25, 0.3) is 6.08 Å². The van der Waals surface area contributed by atoms with Crippen LogP contribution in [-0.2, 0) is 16.0 Å². The minimum atomic E-state index is -1.33. The van der Waals surface area contributed by atoms with Crippen LogP contribution >= 0.6 is 0 Å². The van der Waals surface area contributed by atoms with Gasteiger partial charge in [-0.25, -0.2) is 4.39 Å². The largest absolute Gasteiger partial charge is 0.378 e. The lowest BCUT2D eigenvalue weighted by Crippen LogP contribution is -2.47. The number of carbonyl (C=O) groups excluding carboxylic acids is 1. The number of nitrogens with zero attached hydrogens (tertiary/aromatic N) is 3. The molecule has 7 nitrogen and oxygen atoms in total. The SMILES string of the molecule is CC1(F)C=Cc2onc(N3CCN(CC[C@H]4CC[C@H](NC(=O)CC5CCCO5)CC4)CC3)c2C1. The van der Waals surface area contributed by atoms with Gasteiger partial charge in [-0.1, -0.05) is 5.16 Å². The molecular formula is C26H39FN4O3. The molecule has 8 heteroatoms. The Balaban J connectivity index is 1.00. The number of carbonyl (C=O) groups is 1. The monoisotopic (exact) mass is 474 g/mol. The van der Waals surface area contributed by atoms with Gasteiger partial charge in [0.25, 0.3) is 0 Å². The predicted molar refractivity (Wildman–Crippen MR) is 130 cm³/mol. The first-order valence-electron chi connectivity index (χ1n) is 13.2. The predicted octanol–water partition coefficient (Wildman–Crippen LogP) is 3.73. The first kappa shape index (κ1) is 23.8. The molecule has 1 saturated carbocycles. The van der Waals surface area contributed by atoms with Gasteiger partial charge in [0.15, 0.2) is 11.6 Å². The molecule has 1 amide bonds. The number of allylic oxidation sites excluding steroid dienone is 1. The van der Waals surface area contributed by atoms with Crippen LogP contribution in [0.2, 0.25) is 0 Å². The molecule has 0 radical (unpaired) electrons. The minimum Gasteiger partial charge on any atom is -0.378 e. The fraction of sp³-hybridized carbons (Fsp3) is 0.769. The molecule has 34 heavy (non-hydrogen) atoms. The Kier molecular flexibility index (Phi) is 7.25. The van der Waals surface area contributed by atoms with E-state index in [0.29, 0.717) is 24.6 Å². The van der Waals surface area contributed by atoms with E-state index in [1.165, 1.54) is 19.3 Å². The van der Waals surface area contributed by atoms with Crippen molar-refractivity contribution in [3.8, 4) is 0 Å². The van der Waals surface area contributed by atoms with Gasteiger partial charge in [-0.15, -0.1) is 0 Å². The first-order chi connectivity index (χ1) is 16.4. The van der Waals surface area contributed by atoms with Crippen molar-refractivity contribution in [3.63, 3.8) is 0 Å². The van der Waals surface area contributed by atoms with Crippen LogP contribution in [0.15, 0.2) is 10.6 Å². The van der Waals surface area contributed by atoms with Crippen LogP contribution in [0.1, 0.15) is 69.6 Å². The molecule has 4 aliphatic rings. The second-order valence-electron chi connectivity index (χ2n) is 10.9. The van der Waals surface area contributed by atoms with Crippen molar-refractivity contribution in [3.05, 3.63) is 17.4 Å². The van der Waals surface area contributed by atoms with Crippen LogP contribution in [0.3, 0.4) is 0 Å². The summed E-state index contributed by atoms with van der Waals surface area (Å²) in [5.74, 6) is 2.43. The standard InChI is InChI=1S/C26H39FN4O3/c1-26(27)10-8-23-22(18-26)25(29-34-23)31-14-12-30(13-15-31)11-9-19-4-6-20(7-5-19)28-24(32)17-21-3-2-16-33-21/h8,10,19-21H,2-7,9,11-18H2,1H3,(H,28,32)/t19-,20-,21?,26?. The van der Waals surface area contributed by atoms with Gasteiger partial charge in [0.1, 0.15) is 5.67 Å². The average molecular weight is 475 g/mol. The molecule has 1 aromatic rings. The second-order valence-corrected chi connectivity index (χ2v) is 10.9. The van der Waals surface area contributed by atoms with Crippen LogP contribution in [0.5, 0.6) is 0 Å². The minimum absolute atomic E-state index is 0.132. The lowest BCUT2D eigenvalue weighted by Gasteiger charge is -2.36. The Bertz CT molecular complexity index is 863. The molecular weight excluding hydrogens is 435 g/mol. The highest BCUT2D eigenvalue weighted by Gasteiger charge is 2.33. The first-order valence-corrected chi connectivity index (χ1v) is 13.2. The van der Waals surface area contributed by atoms with E-state index in [4.69, 9.17) is 9.26 Å². The molecule has 0 aromatic carbocycles. The van der Waals surface area contributed by atoms with Gasteiger partial charge < -0.3 is 19.5 Å². The molecule has 2 aliphatic carbocycles. The zero-order valence-corrected chi connectivity index (χ0v) is 20.4. The molecule has 188 valence electrons. The molecule has 2 unspecified atom stereocenters. The van der Waals surface area contributed by atoms with Crippen molar-refractivity contribution in [2.75, 3.05) is 44.2 Å². The number of hydrogen-bond acceptors (Lipinski definition) is 6. The molecule has 3 heterocycles. The number of halogens is 1. The lowest BCUT2D eigenvalue weighted by atomic mass is 9.84. The summed E-state index contributed by atoms with van der Waals surface area (Å²) in [6.45, 7) is 7.32. The van der Waals surface area contributed by atoms with E-state index >= 15 is 0 Å². The number of anilines is 1. The van der Waals surface area contributed by atoms with E-state index in [0.717, 1.165) is 82.3 Å². The van der Waals surface area contributed by atoms with Crippen molar-refractivity contribution in [2.45, 2.75) is 82.5 Å². The molecule has 2 atom stereocenters. The van der Waals surface area contributed by atoms with Gasteiger partial charge in [0.05, 0.1) is 12.5 Å². The van der Waals surface area contributed by atoms with Gasteiger partial charge in [-0.2, -0.15) is 0 Å². The van der Waals surface area contributed by atoms with Gasteiger partial charge in [-0.05, 0) is 76.5 Å². The highest BCUT2D eigenvalue weighted by molar-refractivity contribution is 5.76. The molecule has 2 saturated heterocycles. The Morgan fingerprint density at radius 3 is 2.74 bits per heavy atom. The van der Waals surface area contributed by atoms with Gasteiger partial charge in [0, 0.05) is 50.8 Å². The molecule has 0 spiro atoms. The topological polar surface area (TPSA) is 70.8 Å². The molecule has 1 N–H and O–H groups in total. The van der Waals surface area contributed by atoms with Gasteiger partial charge in [0.2, 0.25) is 5.91 Å². The van der Waals surface area contributed by atoms with E-state index in [1.54, 1.807) is 19.1 Å². The third kappa shape index (κ3) is 5.82. The van der Waals surface area contributed by atoms with Crippen LogP contribution in [0.4, 0.5) is 10.2 Å². The van der Waals surface area contributed by atoms with E-state index in [-0.39, 0.29) is 12.0 Å². The van der Waals surface area contributed by atoms with Crippen molar-refractivity contribution < 1.29 is 18.4 Å². The molecule has 5 rings (SSSR count). The number of rotatable bonds is 7. The highest BCUT2D eigenvalue weighted by Crippen LogP contribution is 2.35. The summed E-state index contributed by atoms with van der Waals surface area (Å²) in [6.07, 6.45) is 12.2. The maximum atomic E-state index is 14.5. The normalized spacial score (nSPS) is 32.1. The van der Waals surface area contributed by atoms with Crippen LogP contribution in [-0.4, -0.2) is 73.1 Å². The van der Waals surface area contributed by atoms with Gasteiger partial charge >= 0.3 is 0 Å². The quantitative estimate of drug-likeness (QED) is 0.649. The number of fused-ring (bicyclic) bond motifs is 1. The summed E-state index contributed by atoms with van der Waals surface area (Å²) in [6, 6.07) is 0.336. The number of aromatic nitrogens is 1. The number of alkyl halides is 1. The Morgan fingerprint density at radius 2 is 2.00 bits per heavy atom. The van der Waals surface area contributed by atoms with Crippen molar-refractivity contribution in [1.82, 2.24) is 15.4 Å². The Labute approximate surface area is 202 Å². The van der Waals surface area contributed by atoms with E-state index in [9.17, 15) is 9.18 Å². The number of ether oxygens (including phenoxy) is 1. The number of amides is 1. The number of piperazine rings is 1. The van der Waals surface area contributed by atoms with E-state index in [2.05, 4.69) is 20.3 Å². The third-order valence-corrected chi connectivity index (χ3v) is 8.08. The summed E-state index contributed by atoms with van der Waals surface area (Å²) in [5.41, 5.74) is -0.429. The Hall–Kier alpha value is -1.93. The van der Waals surface area contributed by atoms with Crippen molar-refractivity contribution in [2.24, 2.45) is 5.92 Å². The number of nitrogens with one attached hydrogen (secondary N) is 1. The third-order valence-electron chi connectivity index (χ3n) is 8.08. The van der Waals surface area contributed by atoms with E-state index < -0.39 is 5.67 Å². The summed E-state index contributed by atoms with van der Waals surface area (Å²) < 4.78 is 25.5. The lowest BCUT2D eigenvalue weighted by molar-refractivity contribution is -0.124. The maximum absolute atomic E-state index is 14.5. The fourth-order valence-corrected chi connectivity index (χ4v) is 5.96. The second kappa shape index (κ2) is 10.4. The molecule has 0 bridgehead atoms. The molecule has 1 aromatic heterocycles. The van der Waals surface area contributed by atoms with E-state index in [1.807, 2.05) is 0 Å². The fourth-order valence-electron chi connectivity index (χ4n) is 5.96. The van der Waals surface area contributed by atoms with Crippen molar-refractivity contribution >= 4 is 17.8 Å². The van der Waals surface area contributed by atoms with Crippen LogP contribution < -0.4 is 10.2 Å². The summed E-state index contributed by atoms with van der Waals surface area (Å²) >= 11 is 0. The Morgan fingerprint density at radius 1 is 1.21 bits per heavy atom. The zero-order valence-electron chi connectivity index (χ0n) is 20.4. The smallest absolute Gasteiger partial charge is 0.222 e. The average Bonchev–Trinajstić information content (AvgIpc) is 3.48. The maximum Gasteiger partial charge on any atom is 0.222 e. The van der Waals surface area contributed by atoms with Gasteiger partial charge in [-0.3, -0.25) is 9.69 Å². The van der Waals surface area contributed by atoms with Crippen LogP contribution in [0, 0.1) is 5.92 Å². The van der Waals surface area contributed by atoms with Crippen molar-refractivity contribution in [1.29, 1.82) is 0 Å². The summed E-state index contributed by atoms with van der Waals surface area (Å²) in [7, 11) is 0. The summed E-state index contributed by atoms with van der Waals surface area (Å²) in [4.78, 5) is 17.1.